The van der Waals surface area contributed by atoms with Crippen LogP contribution in [-0.4, -0.2) is 15.8 Å². The third-order valence-corrected chi connectivity index (χ3v) is 17.2. The van der Waals surface area contributed by atoms with Gasteiger partial charge in [0.1, 0.15) is 0 Å². The van der Waals surface area contributed by atoms with Crippen LogP contribution in [0.2, 0.25) is 0 Å². The highest BCUT2D eigenvalue weighted by Gasteiger charge is 2.46. The largest absolute Gasteiger partial charge is 0.312 e. The Labute approximate surface area is 422 Å². The second-order valence-corrected chi connectivity index (χ2v) is 26.0. The zero-order chi connectivity index (χ0) is 50.0. The molecule has 3 aliphatic rings. The van der Waals surface area contributed by atoms with Crippen LogP contribution in [0.15, 0.2) is 91.0 Å². The molecule has 0 saturated heterocycles. The molecule has 0 saturated carbocycles. The Balaban J connectivity index is 1.26. The van der Waals surface area contributed by atoms with E-state index in [1.54, 1.807) is 0 Å². The molecule has 8 aromatic carbocycles. The number of fused-ring (bicyclic) bond motifs is 6. The summed E-state index contributed by atoms with van der Waals surface area (Å²) in [5.74, 6) is 0.332. The summed E-state index contributed by atoms with van der Waals surface area (Å²) in [5.41, 5.74) is 33.0. The number of hydrogen-bond acceptors (Lipinski definition) is 0. The Kier molecular flexibility index (Phi) is 8.93. The Bertz CT molecular complexity index is 4040. The van der Waals surface area contributed by atoms with Gasteiger partial charge in [-0.15, -0.1) is 0 Å². The van der Waals surface area contributed by atoms with Gasteiger partial charge in [0.25, 0.3) is 0 Å². The molecule has 5 heterocycles. The predicted octanol–water partition coefficient (Wildman–Crippen LogP) is 16.3. The van der Waals surface area contributed by atoms with Gasteiger partial charge in [0.15, 0.2) is 0 Å². The summed E-state index contributed by atoms with van der Waals surface area (Å²) in [6.45, 7) is 40.3. The van der Waals surface area contributed by atoms with Crippen LogP contribution in [-0.2, 0) is 22.7 Å². The van der Waals surface area contributed by atoms with E-state index in [0.717, 1.165) is 6.42 Å². The standard InChI is InChI=1S/C68H69BN2/c1-34(2)55-27-43-21-35(3)18-38(6)63(43)70(55)56-25-41-24-42-26-57(71-64-39(7)19-36(4)22-51(64)52-23-37(5)20-40(8)65(52)71)54-33-45(67(12,13)14)29-48-50-31-46(68(15,16)17)30-49-47-28-44(66(9,10)11)32-53(56)58(47)60(41)69(62(49)50)61(42)59(48)54/h18-23,25-34H,24H2,1-17H3. The average Bonchev–Trinajstić information content (AvgIpc) is 3.82. The van der Waals surface area contributed by atoms with Crippen LogP contribution >= 0.6 is 0 Å². The summed E-state index contributed by atoms with van der Waals surface area (Å²) in [7, 11) is 0. The predicted molar refractivity (Wildman–Crippen MR) is 310 cm³/mol. The van der Waals surface area contributed by atoms with Crippen molar-refractivity contribution >= 4 is 77.4 Å². The van der Waals surface area contributed by atoms with E-state index in [9.17, 15) is 0 Å². The minimum atomic E-state index is -0.0742. The summed E-state index contributed by atoms with van der Waals surface area (Å²) >= 11 is 0. The van der Waals surface area contributed by atoms with Crippen molar-refractivity contribution in [3.05, 3.63) is 158 Å². The van der Waals surface area contributed by atoms with Crippen LogP contribution in [0, 0.1) is 41.5 Å². The average molecular weight is 925 g/mol. The van der Waals surface area contributed by atoms with Gasteiger partial charge in [0, 0.05) is 32.6 Å². The van der Waals surface area contributed by atoms with Crippen molar-refractivity contribution < 1.29 is 0 Å². The molecule has 354 valence electrons. The van der Waals surface area contributed by atoms with Gasteiger partial charge < -0.3 is 9.13 Å². The fourth-order valence-corrected chi connectivity index (χ4v) is 14.0. The van der Waals surface area contributed by atoms with Crippen LogP contribution in [0.3, 0.4) is 0 Å². The molecular weight excluding hydrogens is 856 g/mol. The lowest BCUT2D eigenvalue weighted by Crippen LogP contribution is -2.61. The van der Waals surface area contributed by atoms with Gasteiger partial charge >= 0.3 is 0 Å². The monoisotopic (exact) mass is 925 g/mol. The van der Waals surface area contributed by atoms with E-state index in [1.807, 2.05) is 0 Å². The first-order chi connectivity index (χ1) is 33.4. The van der Waals surface area contributed by atoms with Crippen molar-refractivity contribution in [1.29, 1.82) is 0 Å². The normalized spacial score (nSPS) is 14.0. The zero-order valence-electron chi connectivity index (χ0n) is 45.4. The summed E-state index contributed by atoms with van der Waals surface area (Å²) in [4.78, 5) is 0. The molecule has 10 aromatic rings. The van der Waals surface area contributed by atoms with Crippen molar-refractivity contribution in [1.82, 2.24) is 9.13 Å². The van der Waals surface area contributed by atoms with Gasteiger partial charge in [0.2, 0.25) is 6.71 Å². The molecule has 0 amide bonds. The summed E-state index contributed by atoms with van der Waals surface area (Å²) in [6.07, 6.45) is 0.875. The molecule has 71 heavy (non-hydrogen) atoms. The van der Waals surface area contributed by atoms with E-state index in [2.05, 4.69) is 218 Å². The third-order valence-electron chi connectivity index (χ3n) is 17.2. The Morgan fingerprint density at radius 2 is 0.817 bits per heavy atom. The van der Waals surface area contributed by atoms with Gasteiger partial charge in [-0.3, -0.25) is 0 Å². The van der Waals surface area contributed by atoms with Crippen LogP contribution in [0.4, 0.5) is 0 Å². The number of benzene rings is 8. The maximum atomic E-state index is 2.70. The molecular formula is C68H69BN2. The lowest BCUT2D eigenvalue weighted by atomic mass is 9.28. The molecule has 0 aliphatic carbocycles. The first-order valence-corrected chi connectivity index (χ1v) is 26.5. The van der Waals surface area contributed by atoms with E-state index in [1.165, 1.54) is 171 Å². The van der Waals surface area contributed by atoms with Crippen molar-refractivity contribution in [2.24, 2.45) is 0 Å². The second-order valence-electron chi connectivity index (χ2n) is 26.0. The van der Waals surface area contributed by atoms with Gasteiger partial charge in [-0.25, -0.2) is 0 Å². The summed E-state index contributed by atoms with van der Waals surface area (Å²) in [6, 6.07) is 38.0. The van der Waals surface area contributed by atoms with Crippen molar-refractivity contribution in [3.8, 4) is 33.6 Å². The second kappa shape index (κ2) is 14.2. The molecule has 2 aromatic heterocycles. The number of hydrogen-bond donors (Lipinski definition) is 0. The number of aromatic nitrogens is 2. The number of aryl methyl sites for hydroxylation is 6. The van der Waals surface area contributed by atoms with E-state index in [0.29, 0.717) is 5.92 Å². The Hall–Kier alpha value is -6.32. The molecule has 13 rings (SSSR count). The van der Waals surface area contributed by atoms with E-state index >= 15 is 0 Å². The van der Waals surface area contributed by atoms with E-state index in [-0.39, 0.29) is 23.0 Å². The highest BCUT2D eigenvalue weighted by Crippen LogP contribution is 2.50. The van der Waals surface area contributed by atoms with E-state index in [4.69, 9.17) is 0 Å². The smallest absolute Gasteiger partial charge is 0.245 e. The number of nitrogens with zero attached hydrogens (tertiary/aromatic N) is 2. The lowest BCUT2D eigenvalue weighted by Gasteiger charge is -2.42. The topological polar surface area (TPSA) is 9.86 Å². The fraction of sp³-hybridized carbons (Fsp3) is 0.324. The molecule has 0 fully saturated rings. The van der Waals surface area contributed by atoms with Crippen molar-refractivity contribution in [2.75, 3.05) is 0 Å². The van der Waals surface area contributed by atoms with Gasteiger partial charge in [0.05, 0.1) is 27.9 Å². The molecule has 3 aliphatic heterocycles. The number of rotatable bonds is 3. The van der Waals surface area contributed by atoms with Crippen molar-refractivity contribution in [2.45, 2.75) is 146 Å². The van der Waals surface area contributed by atoms with Crippen LogP contribution < -0.4 is 16.4 Å². The van der Waals surface area contributed by atoms with Crippen LogP contribution in [0.5, 0.6) is 0 Å². The lowest BCUT2D eigenvalue weighted by molar-refractivity contribution is 0.589. The quantitative estimate of drug-likeness (QED) is 0.156. The highest BCUT2D eigenvalue weighted by atomic mass is 15.0. The van der Waals surface area contributed by atoms with Gasteiger partial charge in [-0.2, -0.15) is 0 Å². The third kappa shape index (κ3) is 6.08. The van der Waals surface area contributed by atoms with Gasteiger partial charge in [-0.1, -0.05) is 152 Å². The van der Waals surface area contributed by atoms with Crippen LogP contribution in [0.1, 0.15) is 149 Å². The fourth-order valence-electron chi connectivity index (χ4n) is 14.0. The SMILES string of the molecule is Cc1cc(C)c2c(c1)cc(C(C)C)n2-c1cc2c3c4c(cc(C(C)(C)C)cc14)-c1cc(C(C)(C)C)cc4c1B3c1c(cc(-n3c5c(C)cc(C)cc5c5cc(C)cc(C)c53)c3cc(C(C)(C)C)cc-4c13)C2. The molecule has 0 radical (unpaired) electrons. The Morgan fingerprint density at radius 3 is 1.27 bits per heavy atom. The molecule has 0 spiro atoms. The summed E-state index contributed by atoms with van der Waals surface area (Å²) < 4.78 is 5.39. The van der Waals surface area contributed by atoms with Crippen molar-refractivity contribution in [3.63, 3.8) is 0 Å². The minimum absolute atomic E-state index is 0.0621. The minimum Gasteiger partial charge on any atom is -0.312 e. The molecule has 0 bridgehead atoms. The summed E-state index contributed by atoms with van der Waals surface area (Å²) in [5, 5.41) is 9.69. The first kappa shape index (κ1) is 44.6. The van der Waals surface area contributed by atoms with Crippen LogP contribution in [0.25, 0.3) is 87.9 Å². The molecule has 0 atom stereocenters. The maximum absolute atomic E-state index is 2.70. The zero-order valence-corrected chi connectivity index (χ0v) is 45.4. The Morgan fingerprint density at radius 1 is 0.408 bits per heavy atom. The molecule has 0 N–H and O–H groups in total. The van der Waals surface area contributed by atoms with Gasteiger partial charge in [-0.05, 0) is 196 Å². The molecule has 0 unspecified atom stereocenters. The molecule has 3 heteroatoms. The maximum Gasteiger partial charge on any atom is 0.245 e. The first-order valence-electron chi connectivity index (χ1n) is 26.5. The molecule has 2 nitrogen and oxygen atoms in total. The highest BCUT2D eigenvalue weighted by molar-refractivity contribution is 7.02. The van der Waals surface area contributed by atoms with E-state index < -0.39 is 0 Å².